The van der Waals surface area contributed by atoms with E-state index in [0.29, 0.717) is 10.5 Å². The van der Waals surface area contributed by atoms with Crippen molar-refractivity contribution < 1.29 is 4.39 Å². The van der Waals surface area contributed by atoms with Gasteiger partial charge in [0.15, 0.2) is 5.57 Å². The average Bonchev–Trinajstić information content (AvgIpc) is 2.35. The van der Waals surface area contributed by atoms with E-state index in [1.54, 1.807) is 25.1 Å². The van der Waals surface area contributed by atoms with E-state index in [-0.39, 0.29) is 17.0 Å². The van der Waals surface area contributed by atoms with Gasteiger partial charge in [-0.3, -0.25) is 0 Å². The number of aryl methyl sites for hydroxylation is 1. The van der Waals surface area contributed by atoms with Gasteiger partial charge in [-0.05, 0) is 24.6 Å². The molecule has 0 aliphatic carbocycles. The topological polar surface area (TPSA) is 83.4 Å². The number of hydrogen-bond acceptors (Lipinski definition) is 5. The van der Waals surface area contributed by atoms with Gasteiger partial charge in [0.25, 0.3) is 0 Å². The van der Waals surface area contributed by atoms with Gasteiger partial charge in [-0.1, -0.05) is 0 Å². The van der Waals surface area contributed by atoms with E-state index in [2.05, 4.69) is 17.9 Å². The van der Waals surface area contributed by atoms with Gasteiger partial charge in [0.1, 0.15) is 29.7 Å². The molecule has 1 rings (SSSR count). The van der Waals surface area contributed by atoms with E-state index >= 15 is 0 Å². The number of halogens is 1. The van der Waals surface area contributed by atoms with Gasteiger partial charge >= 0.3 is 0 Å². The van der Waals surface area contributed by atoms with Gasteiger partial charge in [0.05, 0.1) is 5.69 Å². The van der Waals surface area contributed by atoms with Crippen LogP contribution in [0.1, 0.15) is 5.56 Å². The number of nitrogens with one attached hydrogen (secondary N) is 1. The third kappa shape index (κ3) is 2.79. The summed E-state index contributed by atoms with van der Waals surface area (Å²) in [6.45, 7) is 1.58. The molecule has 18 heavy (non-hydrogen) atoms. The number of thiol groups is 1. The fourth-order valence-corrected chi connectivity index (χ4v) is 1.50. The van der Waals surface area contributed by atoms with Crippen LogP contribution in [0.3, 0.4) is 0 Å². The number of benzene rings is 1. The van der Waals surface area contributed by atoms with Crippen molar-refractivity contribution in [3.8, 4) is 18.2 Å². The number of rotatable bonds is 2. The van der Waals surface area contributed by atoms with Crippen LogP contribution in [0.5, 0.6) is 0 Å². The maximum absolute atomic E-state index is 13.4. The smallest absolute Gasteiger partial charge is 0.163 e. The van der Waals surface area contributed by atoms with E-state index in [0.717, 1.165) is 6.07 Å². The third-order valence-corrected chi connectivity index (χ3v) is 2.49. The molecule has 0 bridgehead atoms. The van der Waals surface area contributed by atoms with Crippen LogP contribution in [-0.4, -0.2) is 0 Å². The number of allylic oxidation sites excluding steroid dienone is 2. The molecule has 0 atom stereocenters. The molecule has 0 fully saturated rings. The molecule has 0 saturated carbocycles. The Morgan fingerprint density at radius 1 is 1.22 bits per heavy atom. The average molecular weight is 258 g/mol. The minimum atomic E-state index is -0.469. The van der Waals surface area contributed by atoms with Crippen molar-refractivity contribution in [2.75, 3.05) is 5.32 Å². The van der Waals surface area contributed by atoms with Crippen LogP contribution in [0.15, 0.2) is 28.3 Å². The van der Waals surface area contributed by atoms with Gasteiger partial charge < -0.3 is 5.32 Å². The number of anilines is 1. The summed E-state index contributed by atoms with van der Waals surface area (Å²) in [4.78, 5) is 0.414. The molecule has 6 heteroatoms. The summed E-state index contributed by atoms with van der Waals surface area (Å²) in [5.74, 6) is -0.469. The van der Waals surface area contributed by atoms with E-state index in [4.69, 9.17) is 15.8 Å². The van der Waals surface area contributed by atoms with Crippen LogP contribution in [0.2, 0.25) is 0 Å². The summed E-state index contributed by atoms with van der Waals surface area (Å²) >= 11 is 4.13. The second-order valence-electron chi connectivity index (χ2n) is 3.33. The Balaban J connectivity index is 3.26. The van der Waals surface area contributed by atoms with Crippen LogP contribution in [-0.2, 0) is 0 Å². The molecule has 88 valence electrons. The normalized spacial score (nSPS) is 8.67. The zero-order chi connectivity index (χ0) is 13.7. The first kappa shape index (κ1) is 13.6. The second kappa shape index (κ2) is 5.72. The van der Waals surface area contributed by atoms with Gasteiger partial charge in [-0.25, -0.2) is 4.39 Å². The third-order valence-electron chi connectivity index (χ3n) is 2.12. The molecule has 4 nitrogen and oxygen atoms in total. The molecule has 0 spiro atoms. The Kier molecular flexibility index (Phi) is 4.32. The van der Waals surface area contributed by atoms with Crippen LogP contribution in [0, 0.1) is 46.7 Å². The Morgan fingerprint density at radius 2 is 1.83 bits per heavy atom. The van der Waals surface area contributed by atoms with Gasteiger partial charge in [0.2, 0.25) is 0 Å². The lowest BCUT2D eigenvalue weighted by Crippen LogP contribution is -2.02. The Labute approximate surface area is 109 Å². The molecule has 0 aliphatic rings. The molecular formula is C12H7FN4S. The summed E-state index contributed by atoms with van der Waals surface area (Å²) < 4.78 is 13.4. The monoisotopic (exact) mass is 258 g/mol. The van der Waals surface area contributed by atoms with Crippen molar-refractivity contribution in [1.29, 1.82) is 15.8 Å². The van der Waals surface area contributed by atoms with Gasteiger partial charge in [-0.2, -0.15) is 15.8 Å². The summed E-state index contributed by atoms with van der Waals surface area (Å²) in [6.07, 6.45) is 0. The van der Waals surface area contributed by atoms with E-state index < -0.39 is 5.82 Å². The fourth-order valence-electron chi connectivity index (χ4n) is 1.18. The molecule has 0 heterocycles. The zero-order valence-corrected chi connectivity index (χ0v) is 10.2. The number of nitrogens with zero attached hydrogens (tertiary/aromatic N) is 3. The first-order valence-corrected chi connectivity index (χ1v) is 5.19. The van der Waals surface area contributed by atoms with E-state index in [1.165, 1.54) is 6.07 Å². The number of nitriles is 3. The van der Waals surface area contributed by atoms with Crippen molar-refractivity contribution in [1.82, 2.24) is 0 Å². The highest BCUT2D eigenvalue weighted by Crippen LogP contribution is 2.25. The first-order chi connectivity index (χ1) is 8.53. The van der Waals surface area contributed by atoms with Crippen LogP contribution in [0.4, 0.5) is 10.1 Å². The molecule has 1 N–H and O–H groups in total. The SMILES string of the molecule is Cc1cc(S)c(NC(C#N)=C(C#N)C#N)cc1F. The Morgan fingerprint density at radius 3 is 2.33 bits per heavy atom. The molecule has 0 aromatic heterocycles. The van der Waals surface area contributed by atoms with Crippen molar-refractivity contribution >= 4 is 18.3 Å². The highest BCUT2D eigenvalue weighted by atomic mass is 32.1. The van der Waals surface area contributed by atoms with E-state index in [9.17, 15) is 4.39 Å². The zero-order valence-electron chi connectivity index (χ0n) is 9.32. The predicted octanol–water partition coefficient (Wildman–Crippen LogP) is 2.66. The molecule has 0 unspecified atom stereocenters. The molecule has 0 aliphatic heterocycles. The quantitative estimate of drug-likeness (QED) is 0.631. The van der Waals surface area contributed by atoms with Gasteiger partial charge in [0, 0.05) is 4.90 Å². The second-order valence-corrected chi connectivity index (χ2v) is 3.81. The summed E-state index contributed by atoms with van der Waals surface area (Å²) in [5, 5.41) is 28.7. The maximum atomic E-state index is 13.4. The van der Waals surface area contributed by atoms with E-state index in [1.807, 2.05) is 0 Å². The maximum Gasteiger partial charge on any atom is 0.163 e. The molecule has 0 saturated heterocycles. The van der Waals surface area contributed by atoms with Crippen LogP contribution < -0.4 is 5.32 Å². The lowest BCUT2D eigenvalue weighted by Gasteiger charge is -2.09. The minimum absolute atomic E-state index is 0.223. The largest absolute Gasteiger partial charge is 0.344 e. The van der Waals surface area contributed by atoms with Crippen molar-refractivity contribution in [3.05, 3.63) is 34.8 Å². The van der Waals surface area contributed by atoms with Crippen molar-refractivity contribution in [3.63, 3.8) is 0 Å². The predicted molar refractivity (Wildman–Crippen MR) is 65.9 cm³/mol. The standard InChI is InChI=1S/C12H7FN4S/c1-7-2-12(18)10(3-9(7)13)17-11(6-16)8(4-14)5-15/h2-3,17-18H,1H3. The Hall–Kier alpha value is -2.49. The lowest BCUT2D eigenvalue weighted by molar-refractivity contribution is 0.618. The highest BCUT2D eigenvalue weighted by Gasteiger charge is 2.10. The highest BCUT2D eigenvalue weighted by molar-refractivity contribution is 7.80. The molecule has 1 aromatic rings. The molecule has 1 aromatic carbocycles. The van der Waals surface area contributed by atoms with Crippen molar-refractivity contribution in [2.24, 2.45) is 0 Å². The molecule has 0 radical (unpaired) electrons. The van der Waals surface area contributed by atoms with Crippen molar-refractivity contribution in [2.45, 2.75) is 11.8 Å². The lowest BCUT2D eigenvalue weighted by atomic mass is 10.2. The Bertz CT molecular complexity index is 628. The fraction of sp³-hybridized carbons (Fsp3) is 0.0833. The van der Waals surface area contributed by atoms with Gasteiger partial charge in [-0.15, -0.1) is 12.6 Å². The number of hydrogen-bond donors (Lipinski definition) is 2. The summed E-state index contributed by atoms with van der Waals surface area (Å²) in [5.41, 5.74) is 0.0274. The first-order valence-electron chi connectivity index (χ1n) is 4.74. The molecule has 0 amide bonds. The minimum Gasteiger partial charge on any atom is -0.344 e. The van der Waals surface area contributed by atoms with Crippen LogP contribution >= 0.6 is 12.6 Å². The summed E-state index contributed by atoms with van der Waals surface area (Å²) in [7, 11) is 0. The summed E-state index contributed by atoms with van der Waals surface area (Å²) in [6, 6.07) is 7.48. The van der Waals surface area contributed by atoms with Crippen LogP contribution in [0.25, 0.3) is 0 Å². The molecular weight excluding hydrogens is 251 g/mol.